The summed E-state index contributed by atoms with van der Waals surface area (Å²) in [5, 5.41) is 3.73. The Labute approximate surface area is 160 Å². The van der Waals surface area contributed by atoms with Crippen molar-refractivity contribution in [2.75, 3.05) is 31.6 Å². The van der Waals surface area contributed by atoms with Crippen LogP contribution in [0.2, 0.25) is 0 Å². The van der Waals surface area contributed by atoms with E-state index < -0.39 is 0 Å². The van der Waals surface area contributed by atoms with Gasteiger partial charge in [-0.3, -0.25) is 10.3 Å². The summed E-state index contributed by atoms with van der Waals surface area (Å²) in [6, 6.07) is 12.0. The highest BCUT2D eigenvalue weighted by molar-refractivity contribution is 7.20. The first kappa shape index (κ1) is 17.6. The number of carbonyl (C=O) groups excluding carboxylic acids is 1. The minimum Gasteiger partial charge on any atom is -0.378 e. The third-order valence-corrected chi connectivity index (χ3v) is 5.46. The number of hydrogen-bond donors (Lipinski definition) is 1. The van der Waals surface area contributed by atoms with E-state index >= 15 is 0 Å². The van der Waals surface area contributed by atoms with Gasteiger partial charge in [-0.25, -0.2) is 9.18 Å². The summed E-state index contributed by atoms with van der Waals surface area (Å²) in [4.78, 5) is 19.3. The molecule has 2 amide bonds. The van der Waals surface area contributed by atoms with Crippen LogP contribution in [0.3, 0.4) is 0 Å². The van der Waals surface area contributed by atoms with Crippen LogP contribution in [0.4, 0.5) is 14.2 Å². The molecule has 4 rings (SSSR count). The number of rotatable bonds is 3. The molecular formula is C20H18FN3O2S. The minimum absolute atomic E-state index is 0.133. The van der Waals surface area contributed by atoms with Crippen molar-refractivity contribution in [1.29, 1.82) is 0 Å². The Kier molecular flexibility index (Phi) is 5.13. The number of nitrogens with one attached hydrogen (secondary N) is 1. The van der Waals surface area contributed by atoms with Gasteiger partial charge < -0.3 is 9.64 Å². The molecule has 0 unspecified atom stereocenters. The molecule has 27 heavy (non-hydrogen) atoms. The van der Waals surface area contributed by atoms with E-state index in [0.29, 0.717) is 26.3 Å². The topological polar surface area (TPSA) is 54.5 Å². The van der Waals surface area contributed by atoms with E-state index in [1.165, 1.54) is 23.5 Å². The van der Waals surface area contributed by atoms with Crippen molar-refractivity contribution in [1.82, 2.24) is 9.88 Å². The number of aromatic nitrogens is 1. The second-order valence-electron chi connectivity index (χ2n) is 6.13. The monoisotopic (exact) mass is 383 g/mol. The zero-order valence-corrected chi connectivity index (χ0v) is 15.3. The average Bonchev–Trinajstić information content (AvgIpc) is 3.13. The summed E-state index contributed by atoms with van der Waals surface area (Å²) in [5.74, 6) is -0.276. The first-order valence-electron chi connectivity index (χ1n) is 8.64. The zero-order chi connectivity index (χ0) is 18.6. The van der Waals surface area contributed by atoms with Gasteiger partial charge >= 0.3 is 6.03 Å². The molecule has 1 aromatic carbocycles. The number of carbonyl (C=O) groups is 1. The summed E-state index contributed by atoms with van der Waals surface area (Å²) >= 11 is 1.47. The summed E-state index contributed by atoms with van der Waals surface area (Å²) < 4.78 is 18.6. The van der Waals surface area contributed by atoms with Crippen molar-refractivity contribution in [3.63, 3.8) is 0 Å². The van der Waals surface area contributed by atoms with E-state index in [2.05, 4.69) is 10.3 Å². The molecule has 1 aliphatic heterocycles. The maximum atomic E-state index is 13.3. The third-order valence-electron chi connectivity index (χ3n) is 4.36. The van der Waals surface area contributed by atoms with Gasteiger partial charge in [-0.15, -0.1) is 11.3 Å². The standard InChI is InChI=1S/C20H18FN3O2S/c21-16-3-1-15(2-4-16)19-17(14-5-7-22-8-6-14)13-18(27-19)23-20(25)24-9-11-26-12-10-24/h1-8,13H,9-12H2,(H,23,25). The maximum absolute atomic E-state index is 13.3. The van der Waals surface area contributed by atoms with Gasteiger partial charge in [-0.2, -0.15) is 0 Å². The number of pyridine rings is 1. The maximum Gasteiger partial charge on any atom is 0.322 e. The fourth-order valence-corrected chi connectivity index (χ4v) is 4.04. The fraction of sp³-hybridized carbons (Fsp3) is 0.200. The number of nitrogens with zero attached hydrogens (tertiary/aromatic N) is 2. The second-order valence-corrected chi connectivity index (χ2v) is 7.18. The molecular weight excluding hydrogens is 365 g/mol. The molecule has 5 nitrogen and oxygen atoms in total. The predicted molar refractivity (Wildman–Crippen MR) is 104 cm³/mol. The van der Waals surface area contributed by atoms with E-state index in [9.17, 15) is 9.18 Å². The van der Waals surface area contributed by atoms with Crippen LogP contribution in [0.25, 0.3) is 21.6 Å². The minimum atomic E-state index is -0.276. The van der Waals surface area contributed by atoms with Crippen molar-refractivity contribution < 1.29 is 13.9 Å². The number of ether oxygens (including phenoxy) is 1. The van der Waals surface area contributed by atoms with E-state index in [1.54, 1.807) is 29.4 Å². The Balaban J connectivity index is 1.67. The van der Waals surface area contributed by atoms with Gasteiger partial charge in [0.2, 0.25) is 0 Å². The quantitative estimate of drug-likeness (QED) is 0.726. The lowest BCUT2D eigenvalue weighted by molar-refractivity contribution is 0.0565. The molecule has 2 aromatic heterocycles. The lowest BCUT2D eigenvalue weighted by Crippen LogP contribution is -2.42. The first-order valence-corrected chi connectivity index (χ1v) is 9.46. The van der Waals surface area contributed by atoms with Crippen molar-refractivity contribution in [3.05, 3.63) is 60.7 Å². The third kappa shape index (κ3) is 3.99. The summed E-state index contributed by atoms with van der Waals surface area (Å²) in [6.07, 6.45) is 3.46. The van der Waals surface area contributed by atoms with E-state index in [0.717, 1.165) is 26.6 Å². The highest BCUT2D eigenvalue weighted by Gasteiger charge is 2.19. The Bertz CT molecular complexity index is 922. The normalized spacial score (nSPS) is 14.2. The van der Waals surface area contributed by atoms with E-state index in [4.69, 9.17) is 4.74 Å². The molecule has 7 heteroatoms. The van der Waals surface area contributed by atoms with Gasteiger partial charge in [-0.1, -0.05) is 12.1 Å². The average molecular weight is 383 g/mol. The number of anilines is 1. The molecule has 3 aromatic rings. The largest absolute Gasteiger partial charge is 0.378 e. The molecule has 1 fully saturated rings. The van der Waals surface area contributed by atoms with Gasteiger partial charge in [-0.05, 0) is 41.5 Å². The summed E-state index contributed by atoms with van der Waals surface area (Å²) in [6.45, 7) is 2.28. The highest BCUT2D eigenvalue weighted by Crippen LogP contribution is 2.41. The summed E-state index contributed by atoms with van der Waals surface area (Å²) in [5.41, 5.74) is 2.87. The number of morpholine rings is 1. The van der Waals surface area contributed by atoms with Crippen molar-refractivity contribution in [2.24, 2.45) is 0 Å². The number of amides is 2. The number of halogens is 1. The molecule has 138 valence electrons. The lowest BCUT2D eigenvalue weighted by Gasteiger charge is -2.26. The van der Waals surface area contributed by atoms with E-state index in [-0.39, 0.29) is 11.8 Å². The van der Waals surface area contributed by atoms with Crippen LogP contribution in [0, 0.1) is 5.82 Å². The van der Waals surface area contributed by atoms with Crippen LogP contribution < -0.4 is 5.32 Å². The van der Waals surface area contributed by atoms with Gasteiger partial charge in [0.1, 0.15) is 5.82 Å². The molecule has 0 bridgehead atoms. The molecule has 3 heterocycles. The first-order chi connectivity index (χ1) is 13.2. The molecule has 0 radical (unpaired) electrons. The fourth-order valence-electron chi connectivity index (χ4n) is 2.97. The number of hydrogen-bond acceptors (Lipinski definition) is 4. The van der Waals surface area contributed by atoms with Crippen molar-refractivity contribution in [3.8, 4) is 21.6 Å². The van der Waals surface area contributed by atoms with Crippen LogP contribution in [0.1, 0.15) is 0 Å². The van der Waals surface area contributed by atoms with Crippen LogP contribution in [0.5, 0.6) is 0 Å². The SMILES string of the molecule is O=C(Nc1cc(-c2ccncc2)c(-c2ccc(F)cc2)s1)N1CCOCC1. The molecule has 0 atom stereocenters. The van der Waals surface area contributed by atoms with Crippen LogP contribution in [0.15, 0.2) is 54.9 Å². The Morgan fingerprint density at radius 3 is 2.48 bits per heavy atom. The van der Waals surface area contributed by atoms with Crippen LogP contribution >= 0.6 is 11.3 Å². The molecule has 1 N–H and O–H groups in total. The molecule has 0 aliphatic carbocycles. The lowest BCUT2D eigenvalue weighted by atomic mass is 10.0. The van der Waals surface area contributed by atoms with Gasteiger partial charge in [0.05, 0.1) is 18.2 Å². The highest BCUT2D eigenvalue weighted by atomic mass is 32.1. The van der Waals surface area contributed by atoms with E-state index in [1.807, 2.05) is 18.2 Å². The van der Waals surface area contributed by atoms with Crippen LogP contribution in [-0.2, 0) is 4.74 Å². The predicted octanol–water partition coefficient (Wildman–Crippen LogP) is 4.48. The Hall–Kier alpha value is -2.77. The van der Waals surface area contributed by atoms with Gasteiger partial charge in [0.25, 0.3) is 0 Å². The van der Waals surface area contributed by atoms with Crippen molar-refractivity contribution >= 4 is 22.4 Å². The Morgan fingerprint density at radius 1 is 1.07 bits per heavy atom. The molecule has 1 saturated heterocycles. The van der Waals surface area contributed by atoms with Crippen LogP contribution in [-0.4, -0.2) is 42.2 Å². The van der Waals surface area contributed by atoms with Crippen molar-refractivity contribution in [2.45, 2.75) is 0 Å². The zero-order valence-electron chi connectivity index (χ0n) is 14.5. The number of thiophene rings is 1. The number of urea groups is 1. The number of benzene rings is 1. The molecule has 1 aliphatic rings. The summed E-state index contributed by atoms with van der Waals surface area (Å²) in [7, 11) is 0. The molecule has 0 saturated carbocycles. The second kappa shape index (κ2) is 7.85. The Morgan fingerprint density at radius 2 is 1.78 bits per heavy atom. The van der Waals surface area contributed by atoms with Gasteiger partial charge in [0.15, 0.2) is 0 Å². The van der Waals surface area contributed by atoms with Gasteiger partial charge in [0, 0.05) is 35.9 Å². The molecule has 0 spiro atoms. The smallest absolute Gasteiger partial charge is 0.322 e.